The summed E-state index contributed by atoms with van der Waals surface area (Å²) in [6.45, 7) is 5.69. The lowest BCUT2D eigenvalue weighted by Crippen LogP contribution is -2.54. The maximum atomic E-state index is 12.4. The van der Waals surface area contributed by atoms with E-state index in [1.807, 2.05) is 18.2 Å². The van der Waals surface area contributed by atoms with E-state index in [4.69, 9.17) is 14.2 Å². The van der Waals surface area contributed by atoms with Crippen LogP contribution in [0, 0.1) is 0 Å². The van der Waals surface area contributed by atoms with Gasteiger partial charge in [-0.3, -0.25) is 14.5 Å². The predicted molar refractivity (Wildman–Crippen MR) is 91.8 cm³/mol. The zero-order valence-corrected chi connectivity index (χ0v) is 14.7. The molecule has 0 N–H and O–H groups in total. The maximum absolute atomic E-state index is 12.4. The molecule has 2 amide bonds. The smallest absolute Gasteiger partial charge is 0.312 e. The van der Waals surface area contributed by atoms with Crippen molar-refractivity contribution in [3.8, 4) is 11.5 Å². The predicted octanol–water partition coefficient (Wildman–Crippen LogP) is -0.0817. The minimum absolute atomic E-state index is 0.275. The van der Waals surface area contributed by atoms with Gasteiger partial charge in [-0.2, -0.15) is 0 Å². The Balaban J connectivity index is 1.28. The lowest BCUT2D eigenvalue weighted by Gasteiger charge is -2.35. The Morgan fingerprint density at radius 3 is 2.23 bits per heavy atom. The van der Waals surface area contributed by atoms with E-state index in [1.54, 1.807) is 9.80 Å². The van der Waals surface area contributed by atoms with Crippen molar-refractivity contribution in [3.63, 3.8) is 0 Å². The number of nitrogens with zero attached hydrogens (tertiary/aromatic N) is 3. The van der Waals surface area contributed by atoms with E-state index in [9.17, 15) is 9.59 Å². The van der Waals surface area contributed by atoms with Crippen molar-refractivity contribution >= 4 is 11.8 Å². The standard InChI is InChI=1S/C18H23N3O5/c22-17(18(23)21-7-9-24-10-8-21)20-5-3-19(4-6-20)12-14-1-2-15-16(11-14)26-13-25-15/h1-2,11H,3-10,12-13H2. The molecule has 0 radical (unpaired) electrons. The van der Waals surface area contributed by atoms with Gasteiger partial charge in [0, 0.05) is 45.8 Å². The fraction of sp³-hybridized carbons (Fsp3) is 0.556. The summed E-state index contributed by atoms with van der Waals surface area (Å²) >= 11 is 0. The summed E-state index contributed by atoms with van der Waals surface area (Å²) in [7, 11) is 0. The highest BCUT2D eigenvalue weighted by atomic mass is 16.7. The van der Waals surface area contributed by atoms with E-state index in [1.165, 1.54) is 0 Å². The highest BCUT2D eigenvalue weighted by Gasteiger charge is 2.30. The minimum Gasteiger partial charge on any atom is -0.454 e. The second kappa shape index (κ2) is 7.51. The van der Waals surface area contributed by atoms with Crippen LogP contribution in [-0.4, -0.2) is 85.8 Å². The van der Waals surface area contributed by atoms with Gasteiger partial charge in [-0.05, 0) is 17.7 Å². The SMILES string of the molecule is O=C(C(=O)N1CCN(Cc2ccc3c(c2)OCO3)CC1)N1CCOCC1. The Labute approximate surface area is 152 Å². The van der Waals surface area contributed by atoms with Crippen LogP contribution in [0.5, 0.6) is 11.5 Å². The van der Waals surface area contributed by atoms with Crippen LogP contribution in [-0.2, 0) is 20.9 Å². The van der Waals surface area contributed by atoms with Gasteiger partial charge in [0.15, 0.2) is 11.5 Å². The summed E-state index contributed by atoms with van der Waals surface area (Å²) in [5.41, 5.74) is 1.15. The Kier molecular flexibility index (Phi) is 4.94. The molecule has 1 aromatic carbocycles. The van der Waals surface area contributed by atoms with Gasteiger partial charge in [0.1, 0.15) is 0 Å². The van der Waals surface area contributed by atoms with Crippen LogP contribution in [0.25, 0.3) is 0 Å². The molecule has 0 aromatic heterocycles. The van der Waals surface area contributed by atoms with Gasteiger partial charge in [0.05, 0.1) is 13.2 Å². The maximum Gasteiger partial charge on any atom is 0.312 e. The van der Waals surface area contributed by atoms with Crippen molar-refractivity contribution in [2.24, 2.45) is 0 Å². The zero-order valence-electron chi connectivity index (χ0n) is 14.7. The topological polar surface area (TPSA) is 71.6 Å². The monoisotopic (exact) mass is 361 g/mol. The number of benzene rings is 1. The van der Waals surface area contributed by atoms with Gasteiger partial charge in [-0.1, -0.05) is 6.07 Å². The Hall–Kier alpha value is -2.32. The molecular weight excluding hydrogens is 338 g/mol. The molecule has 0 saturated carbocycles. The summed E-state index contributed by atoms with van der Waals surface area (Å²) in [5.74, 6) is 0.769. The lowest BCUT2D eigenvalue weighted by molar-refractivity contribution is -0.155. The fourth-order valence-electron chi connectivity index (χ4n) is 3.44. The molecule has 0 spiro atoms. The number of hydrogen-bond acceptors (Lipinski definition) is 6. The van der Waals surface area contributed by atoms with Crippen LogP contribution in [0.1, 0.15) is 5.56 Å². The van der Waals surface area contributed by atoms with Crippen LogP contribution in [0.4, 0.5) is 0 Å². The van der Waals surface area contributed by atoms with Crippen LogP contribution in [0.2, 0.25) is 0 Å². The first-order valence-corrected chi connectivity index (χ1v) is 8.97. The van der Waals surface area contributed by atoms with E-state index in [2.05, 4.69) is 4.90 Å². The third kappa shape index (κ3) is 3.61. The van der Waals surface area contributed by atoms with Crippen LogP contribution in [0.15, 0.2) is 18.2 Å². The van der Waals surface area contributed by atoms with Gasteiger partial charge in [-0.25, -0.2) is 0 Å². The average molecular weight is 361 g/mol. The third-order valence-corrected chi connectivity index (χ3v) is 4.98. The van der Waals surface area contributed by atoms with Gasteiger partial charge >= 0.3 is 11.8 Å². The number of amides is 2. The van der Waals surface area contributed by atoms with E-state index >= 15 is 0 Å². The number of rotatable bonds is 2. The van der Waals surface area contributed by atoms with Crippen molar-refractivity contribution in [1.29, 1.82) is 0 Å². The third-order valence-electron chi connectivity index (χ3n) is 4.98. The second-order valence-electron chi connectivity index (χ2n) is 6.66. The van der Waals surface area contributed by atoms with Gasteiger partial charge in [0.2, 0.25) is 6.79 Å². The quantitative estimate of drug-likeness (QED) is 0.686. The van der Waals surface area contributed by atoms with Gasteiger partial charge in [-0.15, -0.1) is 0 Å². The molecule has 0 atom stereocenters. The van der Waals surface area contributed by atoms with Crippen LogP contribution in [0.3, 0.4) is 0 Å². The number of fused-ring (bicyclic) bond motifs is 1. The lowest BCUT2D eigenvalue weighted by atomic mass is 10.1. The molecule has 140 valence electrons. The molecule has 3 aliphatic heterocycles. The van der Waals surface area contributed by atoms with Gasteiger partial charge < -0.3 is 24.0 Å². The highest BCUT2D eigenvalue weighted by Crippen LogP contribution is 2.32. The largest absolute Gasteiger partial charge is 0.454 e. The summed E-state index contributed by atoms with van der Waals surface area (Å²) in [5, 5.41) is 0. The molecule has 3 heterocycles. The summed E-state index contributed by atoms with van der Waals surface area (Å²) in [6, 6.07) is 5.97. The number of morpholine rings is 1. The molecule has 4 rings (SSSR count). The van der Waals surface area contributed by atoms with Crippen molar-refractivity contribution < 1.29 is 23.8 Å². The second-order valence-corrected chi connectivity index (χ2v) is 6.66. The van der Waals surface area contributed by atoms with Crippen LogP contribution < -0.4 is 9.47 Å². The summed E-state index contributed by atoms with van der Waals surface area (Å²) in [4.78, 5) is 30.3. The molecule has 1 aromatic rings. The van der Waals surface area contributed by atoms with Crippen LogP contribution >= 0.6 is 0 Å². The Bertz CT molecular complexity index is 681. The number of ether oxygens (including phenoxy) is 3. The molecule has 0 aliphatic carbocycles. The number of hydrogen-bond donors (Lipinski definition) is 0. The number of carbonyl (C=O) groups excluding carboxylic acids is 2. The summed E-state index contributed by atoms with van der Waals surface area (Å²) < 4.78 is 16.0. The van der Waals surface area contributed by atoms with E-state index in [0.29, 0.717) is 39.4 Å². The van der Waals surface area contributed by atoms with Gasteiger partial charge in [0.25, 0.3) is 0 Å². The summed E-state index contributed by atoms with van der Waals surface area (Å²) in [6.07, 6.45) is 0. The number of piperazine rings is 1. The average Bonchev–Trinajstić information content (AvgIpc) is 3.16. The van der Waals surface area contributed by atoms with E-state index < -0.39 is 11.8 Å². The fourth-order valence-corrected chi connectivity index (χ4v) is 3.44. The van der Waals surface area contributed by atoms with Crippen molar-refractivity contribution in [3.05, 3.63) is 23.8 Å². The van der Waals surface area contributed by atoms with E-state index in [-0.39, 0.29) is 6.79 Å². The first kappa shape index (κ1) is 17.1. The number of carbonyl (C=O) groups is 2. The Morgan fingerprint density at radius 1 is 0.846 bits per heavy atom. The minimum atomic E-state index is -0.405. The molecule has 8 nitrogen and oxygen atoms in total. The molecule has 2 fully saturated rings. The zero-order chi connectivity index (χ0) is 17.9. The molecule has 2 saturated heterocycles. The highest BCUT2D eigenvalue weighted by molar-refractivity contribution is 6.34. The normalized spacial score (nSPS) is 20.3. The van der Waals surface area contributed by atoms with Crippen molar-refractivity contribution in [2.45, 2.75) is 6.54 Å². The molecule has 0 unspecified atom stereocenters. The van der Waals surface area contributed by atoms with E-state index in [0.717, 1.165) is 36.7 Å². The Morgan fingerprint density at radius 2 is 1.50 bits per heavy atom. The first-order valence-electron chi connectivity index (χ1n) is 8.97. The molecule has 8 heteroatoms. The molecule has 0 bridgehead atoms. The molecular formula is C18H23N3O5. The van der Waals surface area contributed by atoms with Crippen molar-refractivity contribution in [1.82, 2.24) is 14.7 Å². The molecule has 3 aliphatic rings. The molecule has 26 heavy (non-hydrogen) atoms. The van der Waals surface area contributed by atoms with Crippen molar-refractivity contribution in [2.75, 3.05) is 59.3 Å². The first-order chi connectivity index (χ1) is 12.7.